The maximum absolute atomic E-state index is 11.3. The van der Waals surface area contributed by atoms with E-state index in [2.05, 4.69) is 26.6 Å². The molecule has 2 amide bonds. The minimum Gasteiger partial charge on any atom is -0.496 e. The molecule has 1 aromatic carbocycles. The maximum atomic E-state index is 11.3. The molecule has 0 radical (unpaired) electrons. The Morgan fingerprint density at radius 2 is 2.06 bits per heavy atom. The molecular formula is C13H19BrN2O2. The quantitative estimate of drug-likeness (QED) is 0.848. The fourth-order valence-electron chi connectivity index (χ4n) is 1.49. The van der Waals surface area contributed by atoms with Crippen molar-refractivity contribution in [3.8, 4) is 5.75 Å². The standard InChI is InChI=1S/C13H19BrN2O2/c1-3-7-15-13(17)16-8-6-10-4-5-12(18-2)11(14)9-10/h4-5,9H,3,6-8H2,1-2H3,(H2,15,16,17). The summed E-state index contributed by atoms with van der Waals surface area (Å²) in [6, 6.07) is 5.81. The Kier molecular flexibility index (Phi) is 6.57. The van der Waals surface area contributed by atoms with Crippen LogP contribution in [0.15, 0.2) is 22.7 Å². The van der Waals surface area contributed by atoms with Crippen LogP contribution in [0, 0.1) is 0 Å². The highest BCUT2D eigenvalue weighted by Gasteiger charge is 2.02. The molecule has 1 rings (SSSR count). The minimum absolute atomic E-state index is 0.107. The van der Waals surface area contributed by atoms with Gasteiger partial charge in [-0.05, 0) is 46.5 Å². The summed E-state index contributed by atoms with van der Waals surface area (Å²) in [5.74, 6) is 0.812. The zero-order valence-corrected chi connectivity index (χ0v) is 12.3. The molecule has 0 saturated carbocycles. The van der Waals surface area contributed by atoms with Crippen molar-refractivity contribution in [2.45, 2.75) is 19.8 Å². The van der Waals surface area contributed by atoms with Gasteiger partial charge >= 0.3 is 6.03 Å². The lowest BCUT2D eigenvalue weighted by molar-refractivity contribution is 0.241. The van der Waals surface area contributed by atoms with Crippen LogP contribution in [0.3, 0.4) is 0 Å². The summed E-state index contributed by atoms with van der Waals surface area (Å²) in [6.07, 6.45) is 1.74. The summed E-state index contributed by atoms with van der Waals surface area (Å²) < 4.78 is 6.09. The highest BCUT2D eigenvalue weighted by Crippen LogP contribution is 2.25. The first-order chi connectivity index (χ1) is 8.67. The number of ether oxygens (including phenoxy) is 1. The van der Waals surface area contributed by atoms with Crippen molar-refractivity contribution < 1.29 is 9.53 Å². The second-order valence-electron chi connectivity index (χ2n) is 3.90. The smallest absolute Gasteiger partial charge is 0.314 e. The molecule has 0 aromatic heterocycles. The topological polar surface area (TPSA) is 50.4 Å². The van der Waals surface area contributed by atoms with Crippen LogP contribution in [0.25, 0.3) is 0 Å². The van der Waals surface area contributed by atoms with Gasteiger partial charge in [-0.3, -0.25) is 0 Å². The fourth-order valence-corrected chi connectivity index (χ4v) is 2.07. The molecule has 1 aromatic rings. The van der Waals surface area contributed by atoms with Gasteiger partial charge in [0.25, 0.3) is 0 Å². The average Bonchev–Trinajstić information content (AvgIpc) is 2.36. The van der Waals surface area contributed by atoms with Crippen molar-refractivity contribution in [2.24, 2.45) is 0 Å². The third-order valence-electron chi connectivity index (χ3n) is 2.45. The van der Waals surface area contributed by atoms with Gasteiger partial charge in [-0.15, -0.1) is 0 Å². The van der Waals surface area contributed by atoms with Crippen LogP contribution >= 0.6 is 15.9 Å². The molecule has 2 N–H and O–H groups in total. The summed E-state index contributed by atoms with van der Waals surface area (Å²) in [5, 5.41) is 5.59. The van der Waals surface area contributed by atoms with Gasteiger partial charge in [0.05, 0.1) is 11.6 Å². The minimum atomic E-state index is -0.107. The second kappa shape index (κ2) is 7.97. The number of amides is 2. The third-order valence-corrected chi connectivity index (χ3v) is 3.07. The molecule has 0 atom stereocenters. The molecule has 0 bridgehead atoms. The molecule has 0 aliphatic heterocycles. The zero-order valence-electron chi connectivity index (χ0n) is 10.8. The van der Waals surface area contributed by atoms with Gasteiger partial charge in [0.1, 0.15) is 5.75 Å². The van der Waals surface area contributed by atoms with Crippen LogP contribution in [0.1, 0.15) is 18.9 Å². The van der Waals surface area contributed by atoms with Gasteiger partial charge in [0.2, 0.25) is 0 Å². The van der Waals surface area contributed by atoms with Gasteiger partial charge < -0.3 is 15.4 Å². The molecule has 0 heterocycles. The number of halogens is 1. The van der Waals surface area contributed by atoms with Crippen LogP contribution in [0.5, 0.6) is 5.75 Å². The van der Waals surface area contributed by atoms with Crippen LogP contribution in [-0.2, 0) is 6.42 Å². The van der Waals surface area contributed by atoms with Gasteiger partial charge in [-0.25, -0.2) is 4.79 Å². The van der Waals surface area contributed by atoms with E-state index < -0.39 is 0 Å². The van der Waals surface area contributed by atoms with Gasteiger partial charge in [-0.2, -0.15) is 0 Å². The molecule has 0 unspecified atom stereocenters. The van der Waals surface area contributed by atoms with Gasteiger partial charge in [0.15, 0.2) is 0 Å². The first-order valence-electron chi connectivity index (χ1n) is 6.01. The molecule has 18 heavy (non-hydrogen) atoms. The molecule has 100 valence electrons. The number of urea groups is 1. The molecule has 0 saturated heterocycles. The van der Waals surface area contributed by atoms with Crippen molar-refractivity contribution in [3.63, 3.8) is 0 Å². The van der Waals surface area contributed by atoms with Crippen molar-refractivity contribution in [3.05, 3.63) is 28.2 Å². The number of benzene rings is 1. The predicted octanol–water partition coefficient (Wildman–Crippen LogP) is 2.71. The second-order valence-corrected chi connectivity index (χ2v) is 4.76. The predicted molar refractivity (Wildman–Crippen MR) is 76.1 cm³/mol. The summed E-state index contributed by atoms with van der Waals surface area (Å²) >= 11 is 3.44. The average molecular weight is 315 g/mol. The number of nitrogens with one attached hydrogen (secondary N) is 2. The highest BCUT2D eigenvalue weighted by molar-refractivity contribution is 9.10. The van der Waals surface area contributed by atoms with E-state index in [1.165, 1.54) is 0 Å². The van der Waals surface area contributed by atoms with E-state index in [1.54, 1.807) is 7.11 Å². The van der Waals surface area contributed by atoms with Gasteiger partial charge in [-0.1, -0.05) is 13.0 Å². The van der Waals surface area contributed by atoms with Crippen LogP contribution in [-0.4, -0.2) is 26.2 Å². The number of carbonyl (C=O) groups is 1. The Balaban J connectivity index is 2.35. The Labute approximate surface area is 116 Å². The maximum Gasteiger partial charge on any atom is 0.314 e. The van der Waals surface area contributed by atoms with E-state index >= 15 is 0 Å². The SMILES string of the molecule is CCCNC(=O)NCCc1ccc(OC)c(Br)c1. The molecule has 0 aliphatic rings. The molecule has 0 aliphatic carbocycles. The molecule has 4 nitrogen and oxygen atoms in total. The molecular weight excluding hydrogens is 296 g/mol. The Morgan fingerprint density at radius 3 is 2.67 bits per heavy atom. The molecule has 0 fully saturated rings. The van der Waals surface area contributed by atoms with Crippen LogP contribution in [0.2, 0.25) is 0 Å². The van der Waals surface area contributed by atoms with E-state index in [0.717, 1.165) is 28.6 Å². The Hall–Kier alpha value is -1.23. The third kappa shape index (κ3) is 4.96. The van der Waals surface area contributed by atoms with Crippen molar-refractivity contribution >= 4 is 22.0 Å². The largest absolute Gasteiger partial charge is 0.496 e. The number of rotatable bonds is 6. The Morgan fingerprint density at radius 1 is 1.33 bits per heavy atom. The summed E-state index contributed by atoms with van der Waals surface area (Å²) in [7, 11) is 1.64. The number of methoxy groups -OCH3 is 1. The van der Waals surface area contributed by atoms with E-state index in [1.807, 2.05) is 25.1 Å². The summed E-state index contributed by atoms with van der Waals surface area (Å²) in [4.78, 5) is 11.3. The molecule has 0 spiro atoms. The Bertz CT molecular complexity index is 397. The first kappa shape index (κ1) is 14.8. The van der Waals surface area contributed by atoms with Gasteiger partial charge in [0, 0.05) is 13.1 Å². The summed E-state index contributed by atoms with van der Waals surface area (Å²) in [6.45, 7) is 3.35. The van der Waals surface area contributed by atoms with Crippen LogP contribution < -0.4 is 15.4 Å². The lowest BCUT2D eigenvalue weighted by Gasteiger charge is -2.08. The van der Waals surface area contributed by atoms with Crippen LogP contribution in [0.4, 0.5) is 4.79 Å². The summed E-state index contributed by atoms with van der Waals surface area (Å²) in [5.41, 5.74) is 1.15. The van der Waals surface area contributed by atoms with E-state index in [0.29, 0.717) is 13.1 Å². The van der Waals surface area contributed by atoms with E-state index in [9.17, 15) is 4.79 Å². The van der Waals surface area contributed by atoms with E-state index in [4.69, 9.17) is 4.74 Å². The highest BCUT2D eigenvalue weighted by atomic mass is 79.9. The van der Waals surface area contributed by atoms with Crippen molar-refractivity contribution in [1.82, 2.24) is 10.6 Å². The monoisotopic (exact) mass is 314 g/mol. The first-order valence-corrected chi connectivity index (χ1v) is 6.80. The lowest BCUT2D eigenvalue weighted by atomic mass is 10.1. The zero-order chi connectivity index (χ0) is 13.4. The van der Waals surface area contributed by atoms with Crippen molar-refractivity contribution in [2.75, 3.05) is 20.2 Å². The lowest BCUT2D eigenvalue weighted by Crippen LogP contribution is -2.36. The van der Waals surface area contributed by atoms with Crippen molar-refractivity contribution in [1.29, 1.82) is 0 Å². The normalized spacial score (nSPS) is 9.94. The number of hydrogen-bond donors (Lipinski definition) is 2. The number of carbonyl (C=O) groups excluding carboxylic acids is 1. The fraction of sp³-hybridized carbons (Fsp3) is 0.462. The molecule has 5 heteroatoms. The number of hydrogen-bond acceptors (Lipinski definition) is 2. The van der Waals surface area contributed by atoms with E-state index in [-0.39, 0.29) is 6.03 Å².